The first kappa shape index (κ1) is 14.5. The van der Waals surface area contributed by atoms with E-state index in [2.05, 4.69) is 10.1 Å². The molecule has 108 valence electrons. The fourth-order valence-corrected chi connectivity index (χ4v) is 1.61. The van der Waals surface area contributed by atoms with Gasteiger partial charge >= 0.3 is 12.1 Å². The van der Waals surface area contributed by atoms with E-state index in [1.165, 1.54) is 43.5 Å². The quantitative estimate of drug-likeness (QED) is 0.881. The van der Waals surface area contributed by atoms with Crippen LogP contribution in [0.1, 0.15) is 10.4 Å². The minimum atomic E-state index is -0.794. The van der Waals surface area contributed by atoms with Gasteiger partial charge in [0.2, 0.25) is 0 Å². The predicted molar refractivity (Wildman–Crippen MR) is 73.8 cm³/mol. The first-order chi connectivity index (χ1) is 10.1. The van der Waals surface area contributed by atoms with E-state index in [1.54, 1.807) is 12.1 Å². The van der Waals surface area contributed by atoms with Crippen LogP contribution < -0.4 is 10.1 Å². The number of carbonyl (C=O) groups is 2. The van der Waals surface area contributed by atoms with Crippen molar-refractivity contribution in [3.05, 3.63) is 59.9 Å². The van der Waals surface area contributed by atoms with E-state index in [-0.39, 0.29) is 11.3 Å². The van der Waals surface area contributed by atoms with E-state index in [9.17, 15) is 14.0 Å². The SMILES string of the molecule is COC(=O)c1ccccc1OC(=O)Nc1ccc(F)cc1. The van der Waals surface area contributed by atoms with Gasteiger partial charge in [-0.15, -0.1) is 0 Å². The number of hydrogen-bond acceptors (Lipinski definition) is 4. The molecule has 0 atom stereocenters. The smallest absolute Gasteiger partial charge is 0.417 e. The third-order valence-electron chi connectivity index (χ3n) is 2.59. The normalized spacial score (nSPS) is 9.81. The maximum Gasteiger partial charge on any atom is 0.417 e. The number of ether oxygens (including phenoxy) is 2. The predicted octanol–water partition coefficient (Wildman–Crippen LogP) is 3.22. The van der Waals surface area contributed by atoms with Crippen LogP contribution in [0.5, 0.6) is 5.75 Å². The molecule has 0 aromatic heterocycles. The minimum absolute atomic E-state index is 0.0731. The van der Waals surface area contributed by atoms with Crippen LogP contribution in [0.4, 0.5) is 14.9 Å². The molecule has 0 fully saturated rings. The Morgan fingerprint density at radius 1 is 1.05 bits per heavy atom. The van der Waals surface area contributed by atoms with Gasteiger partial charge in [-0.3, -0.25) is 5.32 Å². The van der Waals surface area contributed by atoms with Crippen LogP contribution in [-0.4, -0.2) is 19.2 Å². The molecule has 0 bridgehead atoms. The van der Waals surface area contributed by atoms with E-state index in [0.29, 0.717) is 5.69 Å². The molecule has 0 aliphatic carbocycles. The molecule has 0 spiro atoms. The Bertz CT molecular complexity index is 655. The molecule has 0 saturated heterocycles. The molecule has 1 amide bonds. The monoisotopic (exact) mass is 289 g/mol. The summed E-state index contributed by atoms with van der Waals surface area (Å²) in [7, 11) is 1.23. The van der Waals surface area contributed by atoms with E-state index >= 15 is 0 Å². The number of para-hydroxylation sites is 1. The van der Waals surface area contributed by atoms with Crippen molar-refractivity contribution in [1.29, 1.82) is 0 Å². The number of benzene rings is 2. The first-order valence-corrected chi connectivity index (χ1v) is 6.02. The Balaban J connectivity index is 2.09. The van der Waals surface area contributed by atoms with E-state index < -0.39 is 17.9 Å². The Kier molecular flexibility index (Phi) is 4.50. The van der Waals surface area contributed by atoms with Crippen LogP contribution in [0, 0.1) is 5.82 Å². The highest BCUT2D eigenvalue weighted by atomic mass is 19.1. The van der Waals surface area contributed by atoms with Gasteiger partial charge in [-0.05, 0) is 36.4 Å². The zero-order chi connectivity index (χ0) is 15.2. The molecular weight excluding hydrogens is 277 g/mol. The van der Waals surface area contributed by atoms with Crippen molar-refractivity contribution in [2.24, 2.45) is 0 Å². The second-order valence-electron chi connectivity index (χ2n) is 4.01. The van der Waals surface area contributed by atoms with Crippen molar-refractivity contribution >= 4 is 17.7 Å². The number of nitrogens with one attached hydrogen (secondary N) is 1. The summed E-state index contributed by atoms with van der Waals surface area (Å²) in [5.74, 6) is -0.950. The number of amides is 1. The average molecular weight is 289 g/mol. The highest BCUT2D eigenvalue weighted by Gasteiger charge is 2.15. The number of esters is 1. The molecule has 0 unspecified atom stereocenters. The van der Waals surface area contributed by atoms with Gasteiger partial charge in [0, 0.05) is 5.69 Å². The maximum absolute atomic E-state index is 12.8. The molecule has 1 N–H and O–H groups in total. The van der Waals surface area contributed by atoms with Gasteiger partial charge in [0.15, 0.2) is 0 Å². The van der Waals surface area contributed by atoms with Crippen LogP contribution in [-0.2, 0) is 4.74 Å². The number of halogens is 1. The largest absolute Gasteiger partial charge is 0.465 e. The summed E-state index contributed by atoms with van der Waals surface area (Å²) in [6, 6.07) is 11.4. The highest BCUT2D eigenvalue weighted by Crippen LogP contribution is 2.19. The van der Waals surface area contributed by atoms with Gasteiger partial charge in [0.05, 0.1) is 7.11 Å². The molecule has 0 aliphatic heterocycles. The van der Waals surface area contributed by atoms with Crippen LogP contribution in [0.2, 0.25) is 0 Å². The summed E-state index contributed by atoms with van der Waals surface area (Å²) < 4.78 is 22.4. The van der Waals surface area contributed by atoms with Crippen LogP contribution in [0.3, 0.4) is 0 Å². The molecular formula is C15H12FNO4. The van der Waals surface area contributed by atoms with Gasteiger partial charge in [0.1, 0.15) is 17.1 Å². The fraction of sp³-hybridized carbons (Fsp3) is 0.0667. The van der Waals surface area contributed by atoms with Crippen LogP contribution in [0.15, 0.2) is 48.5 Å². The minimum Gasteiger partial charge on any atom is -0.465 e. The maximum atomic E-state index is 12.8. The van der Waals surface area contributed by atoms with Crippen LogP contribution >= 0.6 is 0 Å². The molecule has 2 aromatic rings. The van der Waals surface area contributed by atoms with Gasteiger partial charge in [-0.25, -0.2) is 14.0 Å². The van der Waals surface area contributed by atoms with Crippen LogP contribution in [0.25, 0.3) is 0 Å². The van der Waals surface area contributed by atoms with E-state index in [4.69, 9.17) is 4.74 Å². The van der Waals surface area contributed by atoms with Gasteiger partial charge in [0.25, 0.3) is 0 Å². The molecule has 0 heterocycles. The summed E-state index contributed by atoms with van der Waals surface area (Å²) in [4.78, 5) is 23.3. The topological polar surface area (TPSA) is 64.6 Å². The first-order valence-electron chi connectivity index (χ1n) is 6.02. The number of rotatable bonds is 3. The Morgan fingerprint density at radius 3 is 2.38 bits per heavy atom. The summed E-state index contributed by atoms with van der Waals surface area (Å²) in [6.07, 6.45) is -0.794. The van der Waals surface area contributed by atoms with Crippen molar-refractivity contribution in [2.45, 2.75) is 0 Å². The summed E-state index contributed by atoms with van der Waals surface area (Å²) in [5, 5.41) is 2.42. The number of methoxy groups -OCH3 is 1. The zero-order valence-corrected chi connectivity index (χ0v) is 11.1. The Hall–Kier alpha value is -2.89. The van der Waals surface area contributed by atoms with Gasteiger partial charge < -0.3 is 9.47 Å². The molecule has 21 heavy (non-hydrogen) atoms. The molecule has 0 aliphatic rings. The third-order valence-corrected chi connectivity index (χ3v) is 2.59. The molecule has 6 heteroatoms. The zero-order valence-electron chi connectivity index (χ0n) is 11.1. The number of hydrogen-bond donors (Lipinski definition) is 1. The fourth-order valence-electron chi connectivity index (χ4n) is 1.61. The number of carbonyl (C=O) groups excluding carboxylic acids is 2. The number of anilines is 1. The van der Waals surface area contributed by atoms with Gasteiger partial charge in [-0.1, -0.05) is 12.1 Å². The second kappa shape index (κ2) is 6.51. The van der Waals surface area contributed by atoms with E-state index in [0.717, 1.165) is 0 Å². The lowest BCUT2D eigenvalue weighted by atomic mass is 10.2. The van der Waals surface area contributed by atoms with Gasteiger partial charge in [-0.2, -0.15) is 0 Å². The summed E-state index contributed by atoms with van der Waals surface area (Å²) >= 11 is 0. The molecule has 2 aromatic carbocycles. The Morgan fingerprint density at radius 2 is 1.71 bits per heavy atom. The molecule has 0 saturated carbocycles. The van der Waals surface area contributed by atoms with Crippen molar-refractivity contribution in [2.75, 3.05) is 12.4 Å². The van der Waals surface area contributed by atoms with Crippen molar-refractivity contribution in [3.63, 3.8) is 0 Å². The standard InChI is InChI=1S/C15H12FNO4/c1-20-14(18)12-4-2-3-5-13(12)21-15(19)17-11-8-6-10(16)7-9-11/h2-9H,1H3,(H,17,19). The lowest BCUT2D eigenvalue weighted by molar-refractivity contribution is 0.0598. The second-order valence-corrected chi connectivity index (χ2v) is 4.01. The Labute approximate surface area is 120 Å². The molecule has 5 nitrogen and oxygen atoms in total. The molecule has 0 radical (unpaired) electrons. The lowest BCUT2D eigenvalue weighted by Gasteiger charge is -2.09. The van der Waals surface area contributed by atoms with Crippen molar-refractivity contribution in [3.8, 4) is 5.75 Å². The summed E-state index contributed by atoms with van der Waals surface area (Å²) in [6.45, 7) is 0. The van der Waals surface area contributed by atoms with E-state index in [1.807, 2.05) is 0 Å². The highest BCUT2D eigenvalue weighted by molar-refractivity contribution is 5.94. The lowest BCUT2D eigenvalue weighted by Crippen LogP contribution is -2.18. The third kappa shape index (κ3) is 3.79. The van der Waals surface area contributed by atoms with Crippen molar-refractivity contribution in [1.82, 2.24) is 0 Å². The van der Waals surface area contributed by atoms with Crippen molar-refractivity contribution < 1.29 is 23.5 Å². The average Bonchev–Trinajstić information content (AvgIpc) is 2.49. The summed E-state index contributed by atoms with van der Waals surface area (Å²) in [5.41, 5.74) is 0.506. The molecule has 2 rings (SSSR count).